The number of unbranched alkanes of at least 4 members (excludes halogenated alkanes) is 1. The average molecular weight is 321 g/mol. The minimum Gasteiger partial charge on any atom is -0.490 e. The predicted molar refractivity (Wildman–Crippen MR) is 90.5 cm³/mol. The highest BCUT2D eigenvalue weighted by molar-refractivity contribution is 5.88. The molecular weight excluding hydrogens is 294 g/mol. The zero-order chi connectivity index (χ0) is 17.1. The number of amides is 1. The maximum atomic E-state index is 11.9. The Morgan fingerprint density at radius 1 is 1.13 bits per heavy atom. The van der Waals surface area contributed by atoms with Crippen molar-refractivity contribution in [3.63, 3.8) is 0 Å². The minimum absolute atomic E-state index is 0.00751. The molecule has 1 unspecified atom stereocenters. The molecule has 1 aromatic carbocycles. The second kappa shape index (κ2) is 10.6. The number of carbonyl (C=O) groups excluding carboxylic acids is 2. The molecule has 1 N–H and O–H groups in total. The third-order valence-corrected chi connectivity index (χ3v) is 3.50. The molecule has 0 saturated heterocycles. The van der Waals surface area contributed by atoms with Gasteiger partial charge in [-0.15, -0.1) is 0 Å². The van der Waals surface area contributed by atoms with Crippen LogP contribution in [0, 0.1) is 5.92 Å². The van der Waals surface area contributed by atoms with Crippen molar-refractivity contribution in [2.75, 3.05) is 18.5 Å². The number of hydrogen-bond donors (Lipinski definition) is 1. The number of hydrogen-bond acceptors (Lipinski definition) is 4. The van der Waals surface area contributed by atoms with Crippen LogP contribution in [0.1, 0.15) is 46.5 Å². The van der Waals surface area contributed by atoms with Gasteiger partial charge in [0.1, 0.15) is 19.0 Å². The molecule has 128 valence electrons. The molecule has 1 aromatic rings. The lowest BCUT2D eigenvalue weighted by molar-refractivity contribution is -0.149. The van der Waals surface area contributed by atoms with E-state index in [2.05, 4.69) is 12.2 Å². The van der Waals surface area contributed by atoms with Crippen molar-refractivity contribution in [3.05, 3.63) is 24.3 Å². The van der Waals surface area contributed by atoms with Crippen LogP contribution in [-0.2, 0) is 14.3 Å². The van der Waals surface area contributed by atoms with E-state index in [-0.39, 0.29) is 24.4 Å². The maximum absolute atomic E-state index is 11.9. The third kappa shape index (κ3) is 7.68. The van der Waals surface area contributed by atoms with Gasteiger partial charge in [-0.05, 0) is 37.1 Å². The molecule has 0 aliphatic rings. The summed E-state index contributed by atoms with van der Waals surface area (Å²) >= 11 is 0. The molecular formula is C18H27NO4. The lowest BCUT2D eigenvalue weighted by Crippen LogP contribution is -2.20. The Hall–Kier alpha value is -2.04. The molecule has 0 aliphatic heterocycles. The fraction of sp³-hybridized carbons (Fsp3) is 0.556. The van der Waals surface area contributed by atoms with Crippen molar-refractivity contribution in [1.29, 1.82) is 0 Å². The summed E-state index contributed by atoms with van der Waals surface area (Å²) in [7, 11) is 0. The summed E-state index contributed by atoms with van der Waals surface area (Å²) in [6.07, 6.45) is 3.83. The van der Waals surface area contributed by atoms with Crippen molar-refractivity contribution in [1.82, 2.24) is 0 Å². The van der Waals surface area contributed by atoms with Crippen molar-refractivity contribution < 1.29 is 19.1 Å². The number of ether oxygens (including phenoxy) is 2. The summed E-state index contributed by atoms with van der Waals surface area (Å²) in [5.41, 5.74) is 0.720. The quantitative estimate of drug-likeness (QED) is 0.526. The van der Waals surface area contributed by atoms with Gasteiger partial charge in [0.2, 0.25) is 5.91 Å². The van der Waals surface area contributed by atoms with Crippen LogP contribution in [0.5, 0.6) is 5.75 Å². The van der Waals surface area contributed by atoms with Gasteiger partial charge in [0.15, 0.2) is 0 Å². The van der Waals surface area contributed by atoms with Gasteiger partial charge in [0, 0.05) is 12.6 Å². The maximum Gasteiger partial charge on any atom is 0.309 e. The lowest BCUT2D eigenvalue weighted by atomic mass is 10.00. The normalized spacial score (nSPS) is 11.6. The van der Waals surface area contributed by atoms with E-state index in [0.29, 0.717) is 12.4 Å². The number of benzene rings is 1. The van der Waals surface area contributed by atoms with Crippen molar-refractivity contribution >= 4 is 17.6 Å². The molecule has 0 radical (unpaired) electrons. The predicted octanol–water partition coefficient (Wildman–Crippen LogP) is 3.78. The topological polar surface area (TPSA) is 64.6 Å². The highest BCUT2D eigenvalue weighted by Gasteiger charge is 2.17. The molecule has 0 spiro atoms. The Morgan fingerprint density at radius 2 is 1.83 bits per heavy atom. The van der Waals surface area contributed by atoms with Crippen molar-refractivity contribution in [3.8, 4) is 5.75 Å². The first-order valence-corrected chi connectivity index (χ1v) is 8.23. The largest absolute Gasteiger partial charge is 0.490 e. The van der Waals surface area contributed by atoms with Crippen LogP contribution in [-0.4, -0.2) is 25.1 Å². The van der Waals surface area contributed by atoms with Gasteiger partial charge < -0.3 is 14.8 Å². The van der Waals surface area contributed by atoms with Gasteiger partial charge in [-0.2, -0.15) is 0 Å². The van der Waals surface area contributed by atoms with Crippen LogP contribution in [0.2, 0.25) is 0 Å². The van der Waals surface area contributed by atoms with Crippen LogP contribution in [0.3, 0.4) is 0 Å². The van der Waals surface area contributed by atoms with E-state index in [4.69, 9.17) is 9.47 Å². The van der Waals surface area contributed by atoms with Crippen LogP contribution < -0.4 is 10.1 Å². The fourth-order valence-electron chi connectivity index (χ4n) is 2.20. The number of anilines is 1. The van der Waals surface area contributed by atoms with E-state index in [1.807, 2.05) is 6.92 Å². The molecule has 0 bridgehead atoms. The molecule has 1 rings (SSSR count). The summed E-state index contributed by atoms with van der Waals surface area (Å²) in [4.78, 5) is 22.8. The van der Waals surface area contributed by atoms with Crippen LogP contribution in [0.25, 0.3) is 0 Å². The standard InChI is InChI=1S/C18H27NO4/c1-4-6-7-15(5-2)18(21)23-13-12-22-17-10-8-16(9-11-17)19-14(3)20/h8-11,15H,4-7,12-13H2,1-3H3,(H,19,20). The second-order valence-electron chi connectivity index (χ2n) is 5.47. The SMILES string of the molecule is CCCCC(CC)C(=O)OCCOc1ccc(NC(C)=O)cc1. The first-order chi connectivity index (χ1) is 11.1. The van der Waals surface area contributed by atoms with Crippen LogP contribution >= 0.6 is 0 Å². The number of rotatable bonds is 10. The van der Waals surface area contributed by atoms with Crippen LogP contribution in [0.15, 0.2) is 24.3 Å². The molecule has 5 nitrogen and oxygen atoms in total. The molecule has 0 saturated carbocycles. The number of nitrogens with one attached hydrogen (secondary N) is 1. The minimum atomic E-state index is -0.134. The Labute approximate surface area is 138 Å². The van der Waals surface area contributed by atoms with E-state index in [9.17, 15) is 9.59 Å². The summed E-state index contributed by atoms with van der Waals surface area (Å²) in [5, 5.41) is 2.69. The number of carbonyl (C=O) groups is 2. The van der Waals surface area contributed by atoms with E-state index < -0.39 is 0 Å². The molecule has 0 heterocycles. The van der Waals surface area contributed by atoms with E-state index >= 15 is 0 Å². The zero-order valence-corrected chi connectivity index (χ0v) is 14.3. The summed E-state index contributed by atoms with van der Waals surface area (Å²) in [6.45, 7) is 6.14. The van der Waals surface area contributed by atoms with Crippen LogP contribution in [0.4, 0.5) is 5.69 Å². The molecule has 5 heteroatoms. The van der Waals surface area contributed by atoms with Gasteiger partial charge in [0.05, 0.1) is 5.92 Å². The molecule has 1 atom stereocenters. The molecule has 0 aromatic heterocycles. The van der Waals surface area contributed by atoms with Gasteiger partial charge >= 0.3 is 5.97 Å². The summed E-state index contributed by atoms with van der Waals surface area (Å²) < 4.78 is 10.8. The van der Waals surface area contributed by atoms with E-state index in [1.165, 1.54) is 6.92 Å². The van der Waals surface area contributed by atoms with Crippen molar-refractivity contribution in [2.24, 2.45) is 5.92 Å². The van der Waals surface area contributed by atoms with Crippen molar-refractivity contribution in [2.45, 2.75) is 46.5 Å². The van der Waals surface area contributed by atoms with E-state index in [0.717, 1.165) is 31.4 Å². The van der Waals surface area contributed by atoms with Gasteiger partial charge in [-0.3, -0.25) is 9.59 Å². The zero-order valence-electron chi connectivity index (χ0n) is 14.3. The molecule has 0 fully saturated rings. The molecule has 23 heavy (non-hydrogen) atoms. The third-order valence-electron chi connectivity index (χ3n) is 3.50. The average Bonchev–Trinajstić information content (AvgIpc) is 2.53. The Balaban J connectivity index is 2.28. The highest BCUT2D eigenvalue weighted by Crippen LogP contribution is 2.16. The van der Waals surface area contributed by atoms with E-state index in [1.54, 1.807) is 24.3 Å². The second-order valence-corrected chi connectivity index (χ2v) is 5.47. The smallest absolute Gasteiger partial charge is 0.309 e. The Kier molecular flexibility index (Phi) is 8.80. The monoisotopic (exact) mass is 321 g/mol. The fourth-order valence-corrected chi connectivity index (χ4v) is 2.20. The molecule has 0 aliphatic carbocycles. The van der Waals surface area contributed by atoms with Gasteiger partial charge in [-0.25, -0.2) is 0 Å². The number of esters is 1. The first-order valence-electron chi connectivity index (χ1n) is 8.23. The Bertz CT molecular complexity index is 484. The summed E-state index contributed by atoms with van der Waals surface area (Å²) in [5.74, 6) is 0.421. The lowest BCUT2D eigenvalue weighted by Gasteiger charge is -2.14. The molecule has 1 amide bonds. The highest BCUT2D eigenvalue weighted by atomic mass is 16.6. The summed E-state index contributed by atoms with van der Waals surface area (Å²) in [6, 6.07) is 7.06. The van der Waals surface area contributed by atoms with Gasteiger partial charge in [0.25, 0.3) is 0 Å². The first kappa shape index (κ1) is 19.0. The van der Waals surface area contributed by atoms with Gasteiger partial charge in [-0.1, -0.05) is 26.7 Å². The Morgan fingerprint density at radius 3 is 2.39 bits per heavy atom.